The largest absolute Gasteiger partial charge is 0.464 e. The highest BCUT2D eigenvalue weighted by Gasteiger charge is 2.19. The Morgan fingerprint density at radius 1 is 1.13 bits per heavy atom. The van der Waals surface area contributed by atoms with Gasteiger partial charge in [0.15, 0.2) is 10.9 Å². The molecule has 1 atom stereocenters. The van der Waals surface area contributed by atoms with E-state index < -0.39 is 0 Å². The first kappa shape index (κ1) is 20.0. The maximum Gasteiger partial charge on any atom is 0.231 e. The van der Waals surface area contributed by atoms with Crippen LogP contribution in [0.15, 0.2) is 74.9 Å². The third-order valence-electron chi connectivity index (χ3n) is 4.54. The van der Waals surface area contributed by atoms with Gasteiger partial charge in [-0.3, -0.25) is 9.36 Å². The van der Waals surface area contributed by atoms with Crippen LogP contribution in [0.5, 0.6) is 0 Å². The van der Waals surface area contributed by atoms with Crippen LogP contribution < -0.4 is 5.32 Å². The van der Waals surface area contributed by atoms with E-state index in [-0.39, 0.29) is 17.7 Å². The molecule has 0 fully saturated rings. The SMILES string of the molecule is Cc1ccc(C(C)NC(=O)CSc2nnc(-c3ccco3)n2Cc2ccccc2)o1. The number of aromatic nitrogens is 3. The van der Waals surface area contributed by atoms with Crippen LogP contribution in [0.2, 0.25) is 0 Å². The molecule has 1 amide bonds. The average Bonchev–Trinajstić information content (AvgIpc) is 3.48. The number of nitrogens with zero attached hydrogens (tertiary/aromatic N) is 3. The fraction of sp³-hybridized carbons (Fsp3) is 0.227. The van der Waals surface area contributed by atoms with Gasteiger partial charge in [0, 0.05) is 0 Å². The number of rotatable bonds is 8. The molecule has 0 spiro atoms. The maximum absolute atomic E-state index is 12.5. The van der Waals surface area contributed by atoms with Crippen molar-refractivity contribution in [3.8, 4) is 11.6 Å². The fourth-order valence-electron chi connectivity index (χ4n) is 3.06. The molecule has 3 aromatic heterocycles. The lowest BCUT2D eigenvalue weighted by molar-refractivity contribution is -0.119. The highest BCUT2D eigenvalue weighted by Crippen LogP contribution is 2.25. The fourth-order valence-corrected chi connectivity index (χ4v) is 3.81. The lowest BCUT2D eigenvalue weighted by Gasteiger charge is -2.12. The topological polar surface area (TPSA) is 86.1 Å². The number of hydrogen-bond donors (Lipinski definition) is 1. The normalized spacial score (nSPS) is 12.1. The van der Waals surface area contributed by atoms with E-state index in [0.717, 1.165) is 17.1 Å². The number of benzene rings is 1. The van der Waals surface area contributed by atoms with Gasteiger partial charge in [0.1, 0.15) is 11.5 Å². The Morgan fingerprint density at radius 2 is 1.97 bits per heavy atom. The lowest BCUT2D eigenvalue weighted by atomic mass is 10.2. The van der Waals surface area contributed by atoms with E-state index in [4.69, 9.17) is 8.83 Å². The summed E-state index contributed by atoms with van der Waals surface area (Å²) in [4.78, 5) is 12.5. The molecule has 30 heavy (non-hydrogen) atoms. The molecule has 4 aromatic rings. The molecule has 1 unspecified atom stereocenters. The summed E-state index contributed by atoms with van der Waals surface area (Å²) in [6.45, 7) is 4.35. The summed E-state index contributed by atoms with van der Waals surface area (Å²) in [6, 6.07) is 17.3. The molecule has 0 radical (unpaired) electrons. The van der Waals surface area contributed by atoms with E-state index in [1.165, 1.54) is 11.8 Å². The minimum Gasteiger partial charge on any atom is -0.464 e. The quantitative estimate of drug-likeness (QED) is 0.422. The third-order valence-corrected chi connectivity index (χ3v) is 5.51. The van der Waals surface area contributed by atoms with Crippen LogP contribution >= 0.6 is 11.8 Å². The van der Waals surface area contributed by atoms with Gasteiger partial charge in [0.05, 0.1) is 24.6 Å². The molecular weight excluding hydrogens is 400 g/mol. The number of nitrogens with one attached hydrogen (secondary N) is 1. The van der Waals surface area contributed by atoms with Crippen LogP contribution in [0.25, 0.3) is 11.6 Å². The third kappa shape index (κ3) is 4.65. The number of carbonyl (C=O) groups excluding carboxylic acids is 1. The number of carbonyl (C=O) groups is 1. The van der Waals surface area contributed by atoms with E-state index >= 15 is 0 Å². The van der Waals surface area contributed by atoms with Gasteiger partial charge in [-0.15, -0.1) is 10.2 Å². The predicted octanol–water partition coefficient (Wildman–Crippen LogP) is 4.46. The summed E-state index contributed by atoms with van der Waals surface area (Å²) < 4.78 is 13.1. The Morgan fingerprint density at radius 3 is 2.67 bits per heavy atom. The molecule has 0 aliphatic rings. The second kappa shape index (κ2) is 9.04. The van der Waals surface area contributed by atoms with Gasteiger partial charge in [-0.1, -0.05) is 42.1 Å². The Hall–Kier alpha value is -3.26. The Labute approximate surface area is 178 Å². The zero-order valence-corrected chi connectivity index (χ0v) is 17.6. The number of furan rings is 2. The zero-order valence-electron chi connectivity index (χ0n) is 16.7. The van der Waals surface area contributed by atoms with Crippen molar-refractivity contribution >= 4 is 17.7 Å². The van der Waals surface area contributed by atoms with E-state index in [0.29, 0.717) is 23.3 Å². The van der Waals surface area contributed by atoms with Gasteiger partial charge < -0.3 is 14.2 Å². The van der Waals surface area contributed by atoms with Crippen molar-refractivity contribution in [1.29, 1.82) is 0 Å². The van der Waals surface area contributed by atoms with Crippen molar-refractivity contribution in [2.24, 2.45) is 0 Å². The first-order valence-corrected chi connectivity index (χ1v) is 10.6. The first-order valence-electron chi connectivity index (χ1n) is 9.59. The number of thioether (sulfide) groups is 1. The number of aryl methyl sites for hydroxylation is 1. The van der Waals surface area contributed by atoms with E-state index in [9.17, 15) is 4.79 Å². The molecule has 7 nitrogen and oxygen atoms in total. The van der Waals surface area contributed by atoms with Crippen LogP contribution in [-0.2, 0) is 11.3 Å². The lowest BCUT2D eigenvalue weighted by Crippen LogP contribution is -2.28. The molecular formula is C22H22N4O3S. The van der Waals surface area contributed by atoms with Gasteiger partial charge >= 0.3 is 0 Å². The van der Waals surface area contributed by atoms with Crippen molar-refractivity contribution in [1.82, 2.24) is 20.1 Å². The monoisotopic (exact) mass is 422 g/mol. The van der Waals surface area contributed by atoms with Gasteiger partial charge in [-0.25, -0.2) is 0 Å². The van der Waals surface area contributed by atoms with Crippen molar-refractivity contribution in [3.63, 3.8) is 0 Å². The van der Waals surface area contributed by atoms with Crippen LogP contribution in [0, 0.1) is 6.92 Å². The Kier molecular flexibility index (Phi) is 6.04. The number of amides is 1. The molecule has 8 heteroatoms. The van der Waals surface area contributed by atoms with Gasteiger partial charge in [-0.2, -0.15) is 0 Å². The minimum atomic E-state index is -0.201. The van der Waals surface area contributed by atoms with Gasteiger partial charge in [-0.05, 0) is 43.7 Å². The van der Waals surface area contributed by atoms with Crippen LogP contribution in [-0.4, -0.2) is 26.4 Å². The summed E-state index contributed by atoms with van der Waals surface area (Å²) in [6.07, 6.45) is 1.61. The highest BCUT2D eigenvalue weighted by molar-refractivity contribution is 7.99. The summed E-state index contributed by atoms with van der Waals surface area (Å²) in [7, 11) is 0. The van der Waals surface area contributed by atoms with E-state index in [1.54, 1.807) is 6.26 Å². The van der Waals surface area contributed by atoms with Gasteiger partial charge in [0.25, 0.3) is 0 Å². The maximum atomic E-state index is 12.5. The molecule has 1 N–H and O–H groups in total. The Balaban J connectivity index is 1.47. The highest BCUT2D eigenvalue weighted by atomic mass is 32.2. The molecule has 1 aromatic carbocycles. The second-order valence-electron chi connectivity index (χ2n) is 6.88. The summed E-state index contributed by atoms with van der Waals surface area (Å²) in [5.74, 6) is 2.94. The molecule has 3 heterocycles. The molecule has 0 aliphatic heterocycles. The predicted molar refractivity (Wildman–Crippen MR) is 114 cm³/mol. The molecule has 4 rings (SSSR count). The van der Waals surface area contributed by atoms with E-state index in [1.807, 2.05) is 73.0 Å². The second-order valence-corrected chi connectivity index (χ2v) is 7.82. The average molecular weight is 423 g/mol. The minimum absolute atomic E-state index is 0.102. The van der Waals surface area contributed by atoms with Crippen LogP contribution in [0.3, 0.4) is 0 Å². The zero-order chi connectivity index (χ0) is 20.9. The van der Waals surface area contributed by atoms with Crippen molar-refractivity contribution in [3.05, 3.63) is 77.9 Å². The summed E-state index contributed by atoms with van der Waals surface area (Å²) in [5, 5.41) is 12.2. The van der Waals surface area contributed by atoms with Crippen LogP contribution in [0.4, 0.5) is 0 Å². The molecule has 0 saturated heterocycles. The molecule has 0 saturated carbocycles. The molecule has 0 bridgehead atoms. The molecule has 0 aliphatic carbocycles. The van der Waals surface area contributed by atoms with Gasteiger partial charge in [0.2, 0.25) is 11.7 Å². The Bertz CT molecular complexity index is 1100. The van der Waals surface area contributed by atoms with Crippen molar-refractivity contribution in [2.75, 3.05) is 5.75 Å². The number of hydrogen-bond acceptors (Lipinski definition) is 6. The summed E-state index contributed by atoms with van der Waals surface area (Å²) >= 11 is 1.34. The van der Waals surface area contributed by atoms with Crippen molar-refractivity contribution in [2.45, 2.75) is 31.6 Å². The standard InChI is InChI=1S/C22H22N4O3S/c1-15-10-11-18(29-15)16(2)23-20(27)14-30-22-25-24-21(19-9-6-12-28-19)26(22)13-17-7-4-3-5-8-17/h3-12,16H,13-14H2,1-2H3,(H,23,27). The smallest absolute Gasteiger partial charge is 0.231 e. The van der Waals surface area contributed by atoms with Crippen molar-refractivity contribution < 1.29 is 13.6 Å². The first-order chi connectivity index (χ1) is 14.6. The summed E-state index contributed by atoms with van der Waals surface area (Å²) in [5.41, 5.74) is 1.11. The molecule has 154 valence electrons. The van der Waals surface area contributed by atoms with Crippen LogP contribution in [0.1, 0.15) is 30.0 Å². The van der Waals surface area contributed by atoms with E-state index in [2.05, 4.69) is 15.5 Å².